The van der Waals surface area contributed by atoms with Gasteiger partial charge in [-0.15, -0.1) is 0 Å². The number of amides is 1. The van der Waals surface area contributed by atoms with Crippen molar-refractivity contribution in [3.8, 4) is 0 Å². The van der Waals surface area contributed by atoms with Crippen molar-refractivity contribution in [2.24, 2.45) is 0 Å². The maximum Gasteiger partial charge on any atom is 0.411 e. The van der Waals surface area contributed by atoms with Crippen LogP contribution in [-0.4, -0.2) is 11.1 Å². The van der Waals surface area contributed by atoms with Crippen LogP contribution in [0.3, 0.4) is 0 Å². The summed E-state index contributed by atoms with van der Waals surface area (Å²) in [6.07, 6.45) is 1.10. The quantitative estimate of drug-likeness (QED) is 0.467. The molecular weight excluding hydrogens is 427 g/mol. The highest BCUT2D eigenvalue weighted by Gasteiger charge is 2.11. The Bertz CT molecular complexity index is 952. The molecular formula is C19H13Cl3N2O2S. The van der Waals surface area contributed by atoms with Gasteiger partial charge < -0.3 is 4.74 Å². The number of halogens is 3. The molecule has 0 fully saturated rings. The molecule has 0 radical (unpaired) electrons. The van der Waals surface area contributed by atoms with Crippen molar-refractivity contribution in [2.75, 3.05) is 5.32 Å². The number of ether oxygens (including phenoxy) is 1. The fraction of sp³-hybridized carbons (Fsp3) is 0.0526. The number of pyridine rings is 1. The van der Waals surface area contributed by atoms with Gasteiger partial charge in [-0.3, -0.25) is 5.32 Å². The zero-order chi connectivity index (χ0) is 19.2. The molecule has 0 aliphatic carbocycles. The highest BCUT2D eigenvalue weighted by Crippen LogP contribution is 2.35. The number of nitrogens with zero attached hydrogens (tertiary/aromatic N) is 1. The van der Waals surface area contributed by atoms with Crippen molar-refractivity contribution < 1.29 is 9.53 Å². The van der Waals surface area contributed by atoms with E-state index in [0.29, 0.717) is 25.8 Å². The molecule has 0 saturated carbocycles. The molecule has 0 saturated heterocycles. The highest BCUT2D eigenvalue weighted by atomic mass is 35.5. The van der Waals surface area contributed by atoms with Gasteiger partial charge in [0.1, 0.15) is 11.6 Å². The van der Waals surface area contributed by atoms with E-state index in [4.69, 9.17) is 39.5 Å². The van der Waals surface area contributed by atoms with Gasteiger partial charge in [-0.1, -0.05) is 52.6 Å². The minimum Gasteiger partial charge on any atom is -0.444 e. The van der Waals surface area contributed by atoms with E-state index in [2.05, 4.69) is 10.3 Å². The second kappa shape index (κ2) is 9.33. The van der Waals surface area contributed by atoms with Gasteiger partial charge in [0.15, 0.2) is 0 Å². The SMILES string of the molecule is O=C(Nc1ccc(Cl)cc1)OCc1cccnc1Sc1ccc(Cl)cc1Cl. The second-order valence-corrected chi connectivity index (χ2v) is 7.66. The third-order valence-corrected chi connectivity index (χ3v) is 5.45. The minimum absolute atomic E-state index is 0.0702. The zero-order valence-corrected chi connectivity index (χ0v) is 16.9. The Kier molecular flexibility index (Phi) is 6.85. The van der Waals surface area contributed by atoms with Crippen LogP contribution in [-0.2, 0) is 11.3 Å². The predicted octanol–water partition coefficient (Wildman–Crippen LogP) is 6.94. The number of aromatic nitrogens is 1. The van der Waals surface area contributed by atoms with Crippen LogP contribution < -0.4 is 5.32 Å². The smallest absolute Gasteiger partial charge is 0.411 e. The monoisotopic (exact) mass is 438 g/mol. The number of carbonyl (C=O) groups excluding carboxylic acids is 1. The van der Waals surface area contributed by atoms with Crippen LogP contribution >= 0.6 is 46.6 Å². The van der Waals surface area contributed by atoms with Crippen LogP contribution in [0.25, 0.3) is 0 Å². The van der Waals surface area contributed by atoms with Crippen molar-refractivity contribution in [1.29, 1.82) is 0 Å². The van der Waals surface area contributed by atoms with Gasteiger partial charge in [0, 0.05) is 32.4 Å². The standard InChI is InChI=1S/C19H13Cl3N2O2S/c20-13-3-6-15(7-4-13)24-19(25)26-11-12-2-1-9-23-18(12)27-17-8-5-14(21)10-16(17)22/h1-10H,11H2,(H,24,25). The molecule has 1 heterocycles. The van der Waals surface area contributed by atoms with Crippen LogP contribution in [0.5, 0.6) is 0 Å². The molecule has 138 valence electrons. The summed E-state index contributed by atoms with van der Waals surface area (Å²) in [4.78, 5) is 17.2. The molecule has 0 bridgehead atoms. The molecule has 0 aliphatic rings. The van der Waals surface area contributed by atoms with Gasteiger partial charge in [-0.05, 0) is 48.5 Å². The highest BCUT2D eigenvalue weighted by molar-refractivity contribution is 7.99. The molecule has 3 aromatic rings. The number of benzene rings is 2. The lowest BCUT2D eigenvalue weighted by Gasteiger charge is -2.11. The van der Waals surface area contributed by atoms with Gasteiger partial charge in [-0.25, -0.2) is 9.78 Å². The number of anilines is 1. The molecule has 8 heteroatoms. The first-order valence-corrected chi connectivity index (χ1v) is 9.72. The normalized spacial score (nSPS) is 10.5. The van der Waals surface area contributed by atoms with Crippen LogP contribution in [0.1, 0.15) is 5.56 Å². The van der Waals surface area contributed by atoms with E-state index in [-0.39, 0.29) is 6.61 Å². The Morgan fingerprint density at radius 1 is 1.04 bits per heavy atom. The largest absolute Gasteiger partial charge is 0.444 e. The summed E-state index contributed by atoms with van der Waals surface area (Å²) in [5.41, 5.74) is 1.36. The average Bonchev–Trinajstić information content (AvgIpc) is 2.65. The van der Waals surface area contributed by atoms with Crippen molar-refractivity contribution in [3.05, 3.63) is 81.4 Å². The number of hydrogen-bond acceptors (Lipinski definition) is 4. The van der Waals surface area contributed by atoms with E-state index in [1.807, 2.05) is 12.1 Å². The lowest BCUT2D eigenvalue weighted by atomic mass is 10.3. The van der Waals surface area contributed by atoms with Crippen LogP contribution in [0.15, 0.2) is 70.7 Å². The third kappa shape index (κ3) is 5.78. The first kappa shape index (κ1) is 19.8. The fourth-order valence-electron chi connectivity index (χ4n) is 2.12. The molecule has 0 unspecified atom stereocenters. The Morgan fingerprint density at radius 3 is 2.52 bits per heavy atom. The summed E-state index contributed by atoms with van der Waals surface area (Å²) in [5, 5.41) is 5.02. The van der Waals surface area contributed by atoms with Gasteiger partial charge in [0.25, 0.3) is 0 Å². The topological polar surface area (TPSA) is 51.2 Å². The Balaban J connectivity index is 1.65. The molecule has 0 aliphatic heterocycles. The number of carbonyl (C=O) groups is 1. The molecule has 1 amide bonds. The first-order valence-electron chi connectivity index (χ1n) is 7.77. The Labute approximate surface area is 175 Å². The van der Waals surface area contributed by atoms with Crippen molar-refractivity contribution in [1.82, 2.24) is 4.98 Å². The zero-order valence-electron chi connectivity index (χ0n) is 13.8. The molecule has 4 nitrogen and oxygen atoms in total. The van der Waals surface area contributed by atoms with Gasteiger partial charge in [0.05, 0.1) is 5.02 Å². The minimum atomic E-state index is -0.568. The summed E-state index contributed by atoms with van der Waals surface area (Å²) in [7, 11) is 0. The molecule has 1 aromatic heterocycles. The van der Waals surface area contributed by atoms with Crippen LogP contribution in [0.4, 0.5) is 10.5 Å². The third-order valence-electron chi connectivity index (χ3n) is 3.40. The second-order valence-electron chi connectivity index (χ2n) is 5.35. The predicted molar refractivity (Wildman–Crippen MR) is 110 cm³/mol. The molecule has 27 heavy (non-hydrogen) atoms. The molecule has 0 spiro atoms. The Morgan fingerprint density at radius 2 is 1.78 bits per heavy atom. The fourth-order valence-corrected chi connectivity index (χ4v) is 3.64. The summed E-state index contributed by atoms with van der Waals surface area (Å²) < 4.78 is 5.30. The van der Waals surface area contributed by atoms with E-state index in [1.165, 1.54) is 11.8 Å². The van der Waals surface area contributed by atoms with E-state index in [1.54, 1.807) is 48.7 Å². The van der Waals surface area contributed by atoms with Gasteiger partial charge >= 0.3 is 6.09 Å². The van der Waals surface area contributed by atoms with Crippen LogP contribution in [0, 0.1) is 0 Å². The number of rotatable bonds is 5. The number of nitrogens with one attached hydrogen (secondary N) is 1. The summed E-state index contributed by atoms with van der Waals surface area (Å²) >= 11 is 19.4. The van der Waals surface area contributed by atoms with Crippen molar-refractivity contribution in [3.63, 3.8) is 0 Å². The molecule has 3 rings (SSSR count). The van der Waals surface area contributed by atoms with Crippen molar-refractivity contribution in [2.45, 2.75) is 16.5 Å². The van der Waals surface area contributed by atoms with E-state index in [0.717, 1.165) is 10.5 Å². The van der Waals surface area contributed by atoms with Crippen LogP contribution in [0.2, 0.25) is 15.1 Å². The van der Waals surface area contributed by atoms with E-state index >= 15 is 0 Å². The molecule has 1 N–H and O–H groups in total. The van der Waals surface area contributed by atoms with Gasteiger partial charge in [-0.2, -0.15) is 0 Å². The molecule has 0 atom stereocenters. The van der Waals surface area contributed by atoms with Crippen molar-refractivity contribution >= 4 is 58.3 Å². The lowest BCUT2D eigenvalue weighted by Crippen LogP contribution is -2.13. The maximum atomic E-state index is 12.0. The maximum absolute atomic E-state index is 12.0. The van der Waals surface area contributed by atoms with E-state index < -0.39 is 6.09 Å². The van der Waals surface area contributed by atoms with E-state index in [9.17, 15) is 4.79 Å². The van der Waals surface area contributed by atoms with Gasteiger partial charge in [0.2, 0.25) is 0 Å². The summed E-state index contributed by atoms with van der Waals surface area (Å²) in [6.45, 7) is 0.0702. The number of hydrogen-bond donors (Lipinski definition) is 1. The first-order chi connectivity index (χ1) is 13.0. The molecule has 2 aromatic carbocycles. The summed E-state index contributed by atoms with van der Waals surface area (Å²) in [5.74, 6) is 0. The Hall–Kier alpha value is -1.92. The average molecular weight is 440 g/mol. The lowest BCUT2D eigenvalue weighted by molar-refractivity contribution is 0.154. The summed E-state index contributed by atoms with van der Waals surface area (Å²) in [6, 6.07) is 15.6.